The Balaban J connectivity index is 1.66. The first kappa shape index (κ1) is 20.5. The van der Waals surface area contributed by atoms with Gasteiger partial charge in [-0.3, -0.25) is 0 Å². The van der Waals surface area contributed by atoms with Crippen molar-refractivity contribution in [2.75, 3.05) is 0 Å². The molecule has 0 unspecified atom stereocenters. The smallest absolute Gasteiger partial charge is 0.0991 e. The van der Waals surface area contributed by atoms with E-state index in [0.717, 1.165) is 22.3 Å². The van der Waals surface area contributed by atoms with Gasteiger partial charge < -0.3 is 0 Å². The largest absolute Gasteiger partial charge is 0.192 e. The van der Waals surface area contributed by atoms with Crippen LogP contribution >= 0.6 is 0 Å². The summed E-state index contributed by atoms with van der Waals surface area (Å²) < 4.78 is 0. The lowest BCUT2D eigenvalue weighted by atomic mass is 9.92. The van der Waals surface area contributed by atoms with Gasteiger partial charge in [0.25, 0.3) is 0 Å². The maximum absolute atomic E-state index is 9.39. The molecule has 0 saturated heterocycles. The Morgan fingerprint density at radius 3 is 1.36 bits per heavy atom. The third kappa shape index (κ3) is 4.47. The molecule has 0 aliphatic rings. The van der Waals surface area contributed by atoms with Gasteiger partial charge in [-0.25, -0.2) is 0 Å². The zero-order valence-corrected chi connectivity index (χ0v) is 18.5. The lowest BCUT2D eigenvalue weighted by molar-refractivity contribution is 1.42. The molecular weight excluding hydrogens is 398 g/mol. The summed E-state index contributed by atoms with van der Waals surface area (Å²) in [5, 5.41) is 9.39. The molecule has 156 valence electrons. The van der Waals surface area contributed by atoms with Gasteiger partial charge in [-0.05, 0) is 93.4 Å². The van der Waals surface area contributed by atoms with Crippen molar-refractivity contribution in [2.24, 2.45) is 0 Å². The molecule has 0 bridgehead atoms. The Kier molecular flexibility index (Phi) is 5.58. The van der Waals surface area contributed by atoms with E-state index in [-0.39, 0.29) is 0 Å². The van der Waals surface area contributed by atoms with Crippen LogP contribution in [0.1, 0.15) is 11.1 Å². The van der Waals surface area contributed by atoms with Crippen molar-refractivity contribution in [2.45, 2.75) is 6.92 Å². The van der Waals surface area contributed by atoms with E-state index in [1.54, 1.807) is 0 Å². The summed E-state index contributed by atoms with van der Waals surface area (Å²) in [7, 11) is 0. The van der Waals surface area contributed by atoms with Crippen LogP contribution in [0.5, 0.6) is 0 Å². The number of nitriles is 1. The number of rotatable bonds is 4. The molecule has 0 aliphatic carbocycles. The van der Waals surface area contributed by atoms with Crippen LogP contribution in [0.2, 0.25) is 0 Å². The van der Waals surface area contributed by atoms with Gasteiger partial charge in [-0.15, -0.1) is 0 Å². The maximum atomic E-state index is 9.39. The third-order valence-electron chi connectivity index (χ3n) is 5.88. The molecule has 0 aliphatic heterocycles. The predicted molar refractivity (Wildman–Crippen MR) is 138 cm³/mol. The minimum absolute atomic E-state index is 0.688. The van der Waals surface area contributed by atoms with Crippen LogP contribution in [0, 0.1) is 18.3 Å². The Bertz CT molecular complexity index is 1400. The predicted octanol–water partition coefficient (Wildman–Crippen LogP) is 8.53. The minimum Gasteiger partial charge on any atom is -0.192 e. The summed E-state index contributed by atoms with van der Waals surface area (Å²) in [5.74, 6) is 0. The Morgan fingerprint density at radius 1 is 0.424 bits per heavy atom. The van der Waals surface area contributed by atoms with Crippen molar-refractivity contribution in [1.29, 1.82) is 5.26 Å². The highest BCUT2D eigenvalue weighted by atomic mass is 14.2. The van der Waals surface area contributed by atoms with Gasteiger partial charge in [0.2, 0.25) is 0 Å². The zero-order valence-electron chi connectivity index (χ0n) is 18.5. The molecule has 33 heavy (non-hydrogen) atoms. The van der Waals surface area contributed by atoms with Crippen LogP contribution in [0.15, 0.2) is 121 Å². The van der Waals surface area contributed by atoms with Gasteiger partial charge in [0.05, 0.1) is 11.6 Å². The molecule has 0 radical (unpaired) electrons. The Morgan fingerprint density at radius 2 is 0.848 bits per heavy atom. The van der Waals surface area contributed by atoms with Crippen molar-refractivity contribution in [1.82, 2.24) is 0 Å². The molecule has 5 aromatic rings. The lowest BCUT2D eigenvalue weighted by Gasteiger charge is -2.13. The normalized spacial score (nSPS) is 10.5. The topological polar surface area (TPSA) is 23.8 Å². The molecular formula is C32H23N. The van der Waals surface area contributed by atoms with E-state index in [9.17, 15) is 5.26 Å². The molecule has 1 heteroatoms. The highest BCUT2D eigenvalue weighted by molar-refractivity contribution is 5.83. The molecule has 0 N–H and O–H groups in total. The van der Waals surface area contributed by atoms with E-state index in [1.807, 2.05) is 31.2 Å². The van der Waals surface area contributed by atoms with Gasteiger partial charge in [0.15, 0.2) is 0 Å². The van der Waals surface area contributed by atoms with Gasteiger partial charge in [-0.1, -0.05) is 84.9 Å². The van der Waals surface area contributed by atoms with Gasteiger partial charge in [-0.2, -0.15) is 5.26 Å². The third-order valence-corrected chi connectivity index (χ3v) is 5.88. The second-order valence-electron chi connectivity index (χ2n) is 8.31. The highest BCUT2D eigenvalue weighted by Gasteiger charge is 2.09. The first-order valence-electron chi connectivity index (χ1n) is 11.1. The molecule has 0 atom stereocenters. The quantitative estimate of drug-likeness (QED) is 0.285. The van der Waals surface area contributed by atoms with Crippen LogP contribution in [-0.2, 0) is 0 Å². The Hall–Kier alpha value is -4.41. The number of benzene rings is 5. The molecule has 0 amide bonds. The highest BCUT2D eigenvalue weighted by Crippen LogP contribution is 2.34. The SMILES string of the molecule is Cc1cc(C#N)cc(-c2cccc(-c3cc(-c4ccccc4)cc(-c4ccccc4)c3)c2)c1. The van der Waals surface area contributed by atoms with E-state index in [1.165, 1.54) is 27.8 Å². The number of hydrogen-bond acceptors (Lipinski definition) is 1. The van der Waals surface area contributed by atoms with Crippen LogP contribution in [0.3, 0.4) is 0 Å². The standard InChI is InChI=1S/C32H23N/c1-23-15-24(22-33)17-29(16-23)27-13-8-14-28(18-27)32-20-30(25-9-4-2-5-10-25)19-31(21-32)26-11-6-3-7-12-26/h2-21H,1H3. The maximum Gasteiger partial charge on any atom is 0.0991 e. The van der Waals surface area contributed by atoms with Crippen LogP contribution in [0.4, 0.5) is 0 Å². The average Bonchev–Trinajstić information content (AvgIpc) is 2.89. The van der Waals surface area contributed by atoms with E-state index in [0.29, 0.717) is 5.56 Å². The summed E-state index contributed by atoms with van der Waals surface area (Å²) in [5.41, 5.74) is 11.1. The molecule has 0 saturated carbocycles. The molecule has 0 fully saturated rings. The van der Waals surface area contributed by atoms with Crippen molar-refractivity contribution in [3.05, 3.63) is 132 Å². The van der Waals surface area contributed by atoms with E-state index in [2.05, 4.69) is 103 Å². The second kappa shape index (κ2) is 8.99. The fourth-order valence-electron chi connectivity index (χ4n) is 4.28. The number of nitrogens with zero attached hydrogens (tertiary/aromatic N) is 1. The molecule has 5 rings (SSSR count). The number of aryl methyl sites for hydroxylation is 1. The summed E-state index contributed by atoms with van der Waals surface area (Å²) in [6, 6.07) is 44.7. The van der Waals surface area contributed by atoms with E-state index < -0.39 is 0 Å². The van der Waals surface area contributed by atoms with Crippen molar-refractivity contribution in [3.8, 4) is 50.6 Å². The Labute approximate surface area is 195 Å². The fourth-order valence-corrected chi connectivity index (χ4v) is 4.28. The van der Waals surface area contributed by atoms with Gasteiger partial charge in [0, 0.05) is 0 Å². The number of hydrogen-bond donors (Lipinski definition) is 0. The molecule has 0 aromatic heterocycles. The average molecular weight is 422 g/mol. The fraction of sp³-hybridized carbons (Fsp3) is 0.0312. The lowest BCUT2D eigenvalue weighted by Crippen LogP contribution is -1.88. The van der Waals surface area contributed by atoms with Gasteiger partial charge >= 0.3 is 0 Å². The summed E-state index contributed by atoms with van der Waals surface area (Å²) in [6.45, 7) is 2.03. The summed E-state index contributed by atoms with van der Waals surface area (Å²) >= 11 is 0. The first-order chi connectivity index (χ1) is 16.2. The van der Waals surface area contributed by atoms with Crippen LogP contribution in [-0.4, -0.2) is 0 Å². The van der Waals surface area contributed by atoms with Crippen molar-refractivity contribution < 1.29 is 0 Å². The van der Waals surface area contributed by atoms with Crippen LogP contribution < -0.4 is 0 Å². The van der Waals surface area contributed by atoms with Gasteiger partial charge in [0.1, 0.15) is 0 Å². The van der Waals surface area contributed by atoms with E-state index in [4.69, 9.17) is 0 Å². The van der Waals surface area contributed by atoms with Crippen LogP contribution in [0.25, 0.3) is 44.5 Å². The molecule has 1 nitrogen and oxygen atoms in total. The summed E-state index contributed by atoms with van der Waals surface area (Å²) in [4.78, 5) is 0. The zero-order chi connectivity index (χ0) is 22.6. The molecule has 0 heterocycles. The van der Waals surface area contributed by atoms with Crippen molar-refractivity contribution in [3.63, 3.8) is 0 Å². The van der Waals surface area contributed by atoms with E-state index >= 15 is 0 Å². The van der Waals surface area contributed by atoms with Crippen molar-refractivity contribution >= 4 is 0 Å². The first-order valence-corrected chi connectivity index (χ1v) is 11.1. The summed E-state index contributed by atoms with van der Waals surface area (Å²) in [6.07, 6.45) is 0. The minimum atomic E-state index is 0.688. The molecule has 0 spiro atoms. The molecule has 5 aromatic carbocycles. The second-order valence-corrected chi connectivity index (χ2v) is 8.31. The monoisotopic (exact) mass is 421 g/mol.